The zero-order chi connectivity index (χ0) is 17.0. The molecule has 1 fully saturated rings. The quantitative estimate of drug-likeness (QED) is 0.871. The maximum absolute atomic E-state index is 12.3. The Morgan fingerprint density at radius 1 is 1.39 bits per heavy atom. The lowest BCUT2D eigenvalue weighted by molar-refractivity contribution is 0.128. The van der Waals surface area contributed by atoms with Gasteiger partial charge in [-0.05, 0) is 43.4 Å². The lowest BCUT2D eigenvalue weighted by Gasteiger charge is -2.32. The van der Waals surface area contributed by atoms with Crippen molar-refractivity contribution in [1.29, 1.82) is 0 Å². The summed E-state index contributed by atoms with van der Waals surface area (Å²) in [5, 5.41) is 12.2. The molecule has 0 aliphatic carbocycles. The van der Waals surface area contributed by atoms with Crippen LogP contribution < -0.4 is 5.32 Å². The average Bonchev–Trinajstić information content (AvgIpc) is 2.54. The number of hydrogen-bond donors (Lipinski definition) is 2. The third-order valence-electron chi connectivity index (χ3n) is 4.21. The summed E-state index contributed by atoms with van der Waals surface area (Å²) in [5.41, 5.74) is 0.849. The number of sulfone groups is 1. The summed E-state index contributed by atoms with van der Waals surface area (Å²) in [5.74, 6) is 0.152. The Bertz CT molecular complexity index is 643. The topological polar surface area (TPSA) is 86.7 Å². The number of amides is 2. The first-order chi connectivity index (χ1) is 10.8. The van der Waals surface area contributed by atoms with E-state index >= 15 is 0 Å². The van der Waals surface area contributed by atoms with Crippen LogP contribution in [0.15, 0.2) is 29.2 Å². The molecule has 1 aromatic carbocycles. The molecule has 1 aliphatic heterocycles. The Morgan fingerprint density at radius 3 is 2.61 bits per heavy atom. The van der Waals surface area contributed by atoms with Crippen molar-refractivity contribution >= 4 is 15.9 Å². The molecular formula is C16H24N2O4S. The monoisotopic (exact) mass is 340 g/mol. The van der Waals surface area contributed by atoms with Crippen LogP contribution in [0.4, 0.5) is 4.79 Å². The highest BCUT2D eigenvalue weighted by atomic mass is 32.2. The van der Waals surface area contributed by atoms with Crippen LogP contribution in [0.5, 0.6) is 0 Å². The molecule has 1 heterocycles. The fraction of sp³-hybridized carbons (Fsp3) is 0.562. The van der Waals surface area contributed by atoms with Gasteiger partial charge in [-0.3, -0.25) is 0 Å². The summed E-state index contributed by atoms with van der Waals surface area (Å²) >= 11 is 0. The smallest absolute Gasteiger partial charge is 0.317 e. The molecule has 6 nitrogen and oxygen atoms in total. The molecule has 1 saturated heterocycles. The Hall–Kier alpha value is -1.60. The summed E-state index contributed by atoms with van der Waals surface area (Å²) < 4.78 is 22.9. The average molecular weight is 340 g/mol. The number of aliphatic hydroxyl groups is 1. The summed E-state index contributed by atoms with van der Waals surface area (Å²) in [7, 11) is -3.21. The van der Waals surface area contributed by atoms with E-state index in [1.807, 2.05) is 6.92 Å². The lowest BCUT2D eigenvalue weighted by atomic mass is 9.99. The molecule has 1 aliphatic rings. The number of carbonyl (C=O) groups is 1. The van der Waals surface area contributed by atoms with Crippen molar-refractivity contribution in [2.24, 2.45) is 5.92 Å². The summed E-state index contributed by atoms with van der Waals surface area (Å²) in [6, 6.07) is 6.17. The van der Waals surface area contributed by atoms with Crippen molar-refractivity contribution in [1.82, 2.24) is 10.2 Å². The largest absolute Gasteiger partial charge is 0.396 e. The molecule has 7 heteroatoms. The van der Waals surface area contributed by atoms with Gasteiger partial charge in [-0.25, -0.2) is 13.2 Å². The van der Waals surface area contributed by atoms with E-state index in [0.29, 0.717) is 13.1 Å². The van der Waals surface area contributed by atoms with Crippen LogP contribution in [0.3, 0.4) is 0 Å². The first-order valence-corrected chi connectivity index (χ1v) is 9.66. The second-order valence-corrected chi connectivity index (χ2v) is 8.16. The number of rotatable bonds is 4. The highest BCUT2D eigenvalue weighted by molar-refractivity contribution is 7.90. The Balaban J connectivity index is 1.98. The molecule has 2 unspecified atom stereocenters. The van der Waals surface area contributed by atoms with Crippen molar-refractivity contribution in [2.75, 3.05) is 26.0 Å². The van der Waals surface area contributed by atoms with Crippen LogP contribution in [0.2, 0.25) is 0 Å². The van der Waals surface area contributed by atoms with Gasteiger partial charge in [0.1, 0.15) is 0 Å². The Labute approximate surface area is 137 Å². The summed E-state index contributed by atoms with van der Waals surface area (Å²) in [6.07, 6.45) is 3.01. The van der Waals surface area contributed by atoms with Gasteiger partial charge in [0.2, 0.25) is 0 Å². The van der Waals surface area contributed by atoms with Crippen LogP contribution in [0.1, 0.15) is 31.4 Å². The van der Waals surface area contributed by atoms with Crippen LogP contribution in [-0.2, 0) is 9.84 Å². The number of nitrogens with zero attached hydrogens (tertiary/aromatic N) is 1. The van der Waals surface area contributed by atoms with Crippen LogP contribution >= 0.6 is 0 Å². The van der Waals surface area contributed by atoms with Gasteiger partial charge in [0.05, 0.1) is 10.9 Å². The van der Waals surface area contributed by atoms with Gasteiger partial charge >= 0.3 is 6.03 Å². The first kappa shape index (κ1) is 17.7. The molecule has 2 rings (SSSR count). The molecule has 1 aromatic rings. The molecule has 0 aromatic heterocycles. The van der Waals surface area contributed by atoms with Gasteiger partial charge in [-0.1, -0.05) is 12.1 Å². The highest BCUT2D eigenvalue weighted by Crippen LogP contribution is 2.19. The summed E-state index contributed by atoms with van der Waals surface area (Å²) in [4.78, 5) is 14.3. The number of urea groups is 1. The van der Waals surface area contributed by atoms with E-state index in [1.54, 1.807) is 29.2 Å². The molecule has 0 saturated carbocycles. The third kappa shape index (κ3) is 4.68. The first-order valence-electron chi connectivity index (χ1n) is 7.77. The van der Waals surface area contributed by atoms with E-state index in [-0.39, 0.29) is 29.5 Å². The van der Waals surface area contributed by atoms with Gasteiger partial charge in [0.15, 0.2) is 9.84 Å². The molecule has 0 radical (unpaired) electrons. The molecule has 0 spiro atoms. The van der Waals surface area contributed by atoms with Crippen LogP contribution in [-0.4, -0.2) is 50.4 Å². The third-order valence-corrected chi connectivity index (χ3v) is 5.34. The van der Waals surface area contributed by atoms with E-state index in [2.05, 4.69) is 5.32 Å². The molecule has 23 heavy (non-hydrogen) atoms. The zero-order valence-electron chi connectivity index (χ0n) is 13.5. The predicted molar refractivity (Wildman–Crippen MR) is 87.9 cm³/mol. The van der Waals surface area contributed by atoms with Gasteiger partial charge in [-0.2, -0.15) is 0 Å². The lowest BCUT2D eigenvalue weighted by Crippen LogP contribution is -2.46. The number of likely N-dealkylation sites (tertiary alicyclic amines) is 1. The fourth-order valence-electron chi connectivity index (χ4n) is 2.76. The summed E-state index contributed by atoms with van der Waals surface area (Å²) in [6.45, 7) is 3.23. The van der Waals surface area contributed by atoms with Gasteiger partial charge in [0.25, 0.3) is 0 Å². The van der Waals surface area contributed by atoms with Crippen LogP contribution in [0.25, 0.3) is 0 Å². The second-order valence-electron chi connectivity index (χ2n) is 6.15. The van der Waals surface area contributed by atoms with E-state index in [4.69, 9.17) is 0 Å². The van der Waals surface area contributed by atoms with Crippen LogP contribution in [0, 0.1) is 5.92 Å². The molecule has 2 amide bonds. The minimum atomic E-state index is -3.21. The van der Waals surface area contributed by atoms with E-state index in [1.165, 1.54) is 6.26 Å². The fourth-order valence-corrected chi connectivity index (χ4v) is 3.39. The number of hydrogen-bond acceptors (Lipinski definition) is 4. The maximum Gasteiger partial charge on any atom is 0.317 e. The SMILES string of the molecule is CC(NC(=O)N1CCCC(CO)C1)c1ccc(S(C)(=O)=O)cc1. The number of benzene rings is 1. The van der Waals surface area contributed by atoms with Gasteiger partial charge < -0.3 is 15.3 Å². The van der Waals surface area contributed by atoms with Crippen molar-refractivity contribution < 1.29 is 18.3 Å². The van der Waals surface area contributed by atoms with Crippen molar-refractivity contribution in [3.8, 4) is 0 Å². The van der Waals surface area contributed by atoms with Crippen molar-refractivity contribution in [3.05, 3.63) is 29.8 Å². The molecule has 128 valence electrons. The van der Waals surface area contributed by atoms with Crippen molar-refractivity contribution in [3.63, 3.8) is 0 Å². The number of carbonyl (C=O) groups excluding carboxylic acids is 1. The highest BCUT2D eigenvalue weighted by Gasteiger charge is 2.24. The minimum Gasteiger partial charge on any atom is -0.396 e. The maximum atomic E-state index is 12.3. The molecule has 0 bridgehead atoms. The molecule has 2 atom stereocenters. The minimum absolute atomic E-state index is 0.103. The molecular weight excluding hydrogens is 316 g/mol. The van der Waals surface area contributed by atoms with Gasteiger partial charge in [-0.15, -0.1) is 0 Å². The predicted octanol–water partition coefficient (Wildman–Crippen LogP) is 1.56. The Morgan fingerprint density at radius 2 is 2.04 bits per heavy atom. The molecule has 2 N–H and O–H groups in total. The van der Waals surface area contributed by atoms with Crippen molar-refractivity contribution in [2.45, 2.75) is 30.7 Å². The normalized spacial score (nSPS) is 20.1. The van der Waals surface area contributed by atoms with E-state index < -0.39 is 9.84 Å². The van der Waals surface area contributed by atoms with E-state index in [9.17, 15) is 18.3 Å². The number of piperidine rings is 1. The Kier molecular flexibility index (Phi) is 5.64. The second kappa shape index (κ2) is 7.31. The number of aliphatic hydroxyl groups excluding tert-OH is 1. The number of nitrogens with one attached hydrogen (secondary N) is 1. The zero-order valence-corrected chi connectivity index (χ0v) is 14.3. The van der Waals surface area contributed by atoms with E-state index in [0.717, 1.165) is 18.4 Å². The van der Waals surface area contributed by atoms with Gasteiger partial charge in [0, 0.05) is 26.0 Å². The standard InChI is InChI=1S/C16H24N2O4S/c1-12(14-5-7-15(8-6-14)23(2,21)22)17-16(20)18-9-3-4-13(10-18)11-19/h5-8,12-13,19H,3-4,9-11H2,1-2H3,(H,17,20).